The van der Waals surface area contributed by atoms with E-state index in [1.54, 1.807) is 11.8 Å². The summed E-state index contributed by atoms with van der Waals surface area (Å²) in [5.41, 5.74) is 0. The van der Waals surface area contributed by atoms with Crippen LogP contribution in [0.4, 0.5) is 0 Å². The van der Waals surface area contributed by atoms with Crippen LogP contribution in [-0.2, 0) is 14.3 Å². The molecule has 0 bridgehead atoms. The highest BCUT2D eigenvalue weighted by Crippen LogP contribution is 2.17. The van der Waals surface area contributed by atoms with Gasteiger partial charge in [0.25, 0.3) is 10.1 Å². The van der Waals surface area contributed by atoms with Crippen LogP contribution < -0.4 is 0 Å². The lowest BCUT2D eigenvalue weighted by molar-refractivity contribution is 0.305. The van der Waals surface area contributed by atoms with E-state index in [4.69, 9.17) is 0 Å². The number of hydrogen-bond donors (Lipinski definition) is 0. The molecule has 0 aromatic carbocycles. The van der Waals surface area contributed by atoms with Crippen LogP contribution in [0.1, 0.15) is 6.92 Å². The molecule has 0 saturated heterocycles. The lowest BCUT2D eigenvalue weighted by Crippen LogP contribution is -2.16. The van der Waals surface area contributed by atoms with E-state index in [2.05, 4.69) is 9.18 Å². The van der Waals surface area contributed by atoms with E-state index in [-0.39, 0.29) is 12.6 Å². The predicted molar refractivity (Wildman–Crippen MR) is 50.2 cm³/mol. The Hall–Kier alpha value is -0.0700. The number of thioether (sulfide) groups is 1. The van der Waals surface area contributed by atoms with E-state index in [1.165, 1.54) is 0 Å². The van der Waals surface area contributed by atoms with Crippen molar-refractivity contribution in [2.45, 2.75) is 13.0 Å². The van der Waals surface area contributed by atoms with Crippen molar-refractivity contribution in [2.75, 3.05) is 18.6 Å². The summed E-state index contributed by atoms with van der Waals surface area (Å²) in [6.07, 6.45) is 1.05. The molecule has 1 rings (SSSR count). The molecule has 4 nitrogen and oxygen atoms in total. The monoisotopic (exact) mass is 209 g/mol. The average Bonchev–Trinajstić information content (AvgIpc) is 2.30. The van der Waals surface area contributed by atoms with Crippen LogP contribution >= 0.6 is 11.8 Å². The summed E-state index contributed by atoms with van der Waals surface area (Å²) in [5.74, 6) is 0.821. The molecule has 1 unspecified atom stereocenters. The third kappa shape index (κ3) is 3.55. The van der Waals surface area contributed by atoms with Crippen LogP contribution in [0.25, 0.3) is 0 Å². The van der Waals surface area contributed by atoms with Crippen LogP contribution in [0.15, 0.2) is 4.99 Å². The molecule has 0 aliphatic carbocycles. The zero-order chi connectivity index (χ0) is 9.19. The highest BCUT2D eigenvalue weighted by molar-refractivity contribution is 8.14. The van der Waals surface area contributed by atoms with Gasteiger partial charge in [0.05, 0.1) is 23.9 Å². The van der Waals surface area contributed by atoms with Gasteiger partial charge in [-0.3, -0.25) is 9.18 Å². The third-order valence-corrected chi connectivity index (χ3v) is 2.96. The maximum atomic E-state index is 10.6. The Balaban J connectivity index is 2.35. The highest BCUT2D eigenvalue weighted by Gasteiger charge is 2.17. The molecule has 0 spiro atoms. The summed E-state index contributed by atoms with van der Waals surface area (Å²) in [6, 6.07) is 0.00437. The molecule has 0 amide bonds. The molecular weight excluding hydrogens is 198 g/mol. The van der Waals surface area contributed by atoms with Gasteiger partial charge < -0.3 is 0 Å². The maximum absolute atomic E-state index is 10.6. The second kappa shape index (κ2) is 3.76. The average molecular weight is 209 g/mol. The van der Waals surface area contributed by atoms with Gasteiger partial charge in [-0.1, -0.05) is 0 Å². The van der Waals surface area contributed by atoms with E-state index in [0.29, 0.717) is 0 Å². The molecule has 0 radical (unpaired) electrons. The van der Waals surface area contributed by atoms with E-state index >= 15 is 0 Å². The summed E-state index contributed by atoms with van der Waals surface area (Å²) < 4.78 is 25.8. The number of rotatable bonds is 3. The summed E-state index contributed by atoms with van der Waals surface area (Å²) >= 11 is 1.63. The lowest BCUT2D eigenvalue weighted by atomic mass is 10.4. The Morgan fingerprint density at radius 3 is 2.83 bits per heavy atom. The molecule has 6 heteroatoms. The van der Waals surface area contributed by atoms with Crippen LogP contribution in [0.2, 0.25) is 0 Å². The quantitative estimate of drug-likeness (QED) is 0.635. The first-order valence-electron chi connectivity index (χ1n) is 3.49. The van der Waals surface area contributed by atoms with Crippen molar-refractivity contribution in [3.63, 3.8) is 0 Å². The number of aliphatic imine (C=N–C) groups is 1. The topological polar surface area (TPSA) is 55.7 Å². The summed E-state index contributed by atoms with van der Waals surface area (Å²) in [7, 11) is -3.31. The fourth-order valence-electron chi connectivity index (χ4n) is 0.836. The first-order chi connectivity index (χ1) is 5.47. The molecule has 1 aliphatic heterocycles. The van der Waals surface area contributed by atoms with Crippen molar-refractivity contribution in [3.05, 3.63) is 0 Å². The van der Waals surface area contributed by atoms with Crippen molar-refractivity contribution in [2.24, 2.45) is 4.99 Å². The summed E-state index contributed by atoms with van der Waals surface area (Å²) in [6.45, 7) is 2.08. The molecule has 0 aromatic heterocycles. The predicted octanol–water partition coefficient (Wildman–Crippen LogP) is 0.496. The second-order valence-electron chi connectivity index (χ2n) is 2.60. The Kier molecular flexibility index (Phi) is 3.14. The first-order valence-corrected chi connectivity index (χ1v) is 6.29. The van der Waals surface area contributed by atoms with E-state index < -0.39 is 10.1 Å². The zero-order valence-electron chi connectivity index (χ0n) is 6.98. The standard InChI is InChI=1S/C6H11NO3S2/c1-5-7-6(4-11-5)3-10-12(2,8)9/h6H,3-4H2,1-2H3. The Morgan fingerprint density at radius 2 is 2.42 bits per heavy atom. The molecular formula is C6H11NO3S2. The molecule has 0 aromatic rings. The van der Waals surface area contributed by atoms with Gasteiger partial charge in [-0.25, -0.2) is 0 Å². The fraction of sp³-hybridized carbons (Fsp3) is 0.833. The lowest BCUT2D eigenvalue weighted by Gasteiger charge is -2.04. The van der Waals surface area contributed by atoms with Gasteiger partial charge in [0.1, 0.15) is 0 Å². The minimum absolute atomic E-state index is 0.00437. The molecule has 1 atom stereocenters. The van der Waals surface area contributed by atoms with E-state index in [9.17, 15) is 8.42 Å². The minimum Gasteiger partial charge on any atom is -0.277 e. The molecule has 12 heavy (non-hydrogen) atoms. The van der Waals surface area contributed by atoms with Crippen LogP contribution in [0.3, 0.4) is 0 Å². The molecule has 0 saturated carbocycles. The van der Waals surface area contributed by atoms with E-state index in [1.807, 2.05) is 6.92 Å². The molecule has 1 heterocycles. The van der Waals surface area contributed by atoms with E-state index in [0.717, 1.165) is 17.1 Å². The van der Waals surface area contributed by atoms with Crippen molar-refractivity contribution < 1.29 is 12.6 Å². The third-order valence-electron chi connectivity index (χ3n) is 1.32. The normalized spacial score (nSPS) is 24.2. The van der Waals surface area contributed by atoms with Gasteiger partial charge in [-0.15, -0.1) is 11.8 Å². The second-order valence-corrected chi connectivity index (χ2v) is 5.46. The smallest absolute Gasteiger partial charge is 0.264 e. The fourth-order valence-corrected chi connectivity index (χ4v) is 2.07. The van der Waals surface area contributed by atoms with Gasteiger partial charge in [-0.05, 0) is 6.92 Å². The Labute approximate surface area is 76.5 Å². The summed E-state index contributed by atoms with van der Waals surface area (Å²) in [5, 5.41) is 0.997. The van der Waals surface area contributed by atoms with Crippen molar-refractivity contribution in [3.8, 4) is 0 Å². The van der Waals surface area contributed by atoms with Gasteiger partial charge >= 0.3 is 0 Å². The number of hydrogen-bond acceptors (Lipinski definition) is 5. The largest absolute Gasteiger partial charge is 0.277 e. The van der Waals surface area contributed by atoms with Crippen LogP contribution in [0.5, 0.6) is 0 Å². The van der Waals surface area contributed by atoms with Crippen LogP contribution in [0, 0.1) is 0 Å². The Bertz CT molecular complexity index is 283. The van der Waals surface area contributed by atoms with Gasteiger partial charge in [0.15, 0.2) is 0 Å². The maximum Gasteiger partial charge on any atom is 0.264 e. The van der Waals surface area contributed by atoms with Crippen molar-refractivity contribution in [1.82, 2.24) is 0 Å². The van der Waals surface area contributed by atoms with Crippen molar-refractivity contribution in [1.29, 1.82) is 0 Å². The molecule has 0 N–H and O–H groups in total. The molecule has 0 fully saturated rings. The van der Waals surface area contributed by atoms with Crippen LogP contribution in [-0.4, -0.2) is 38.1 Å². The summed E-state index contributed by atoms with van der Waals surface area (Å²) in [4.78, 5) is 4.18. The van der Waals surface area contributed by atoms with Gasteiger partial charge in [0.2, 0.25) is 0 Å². The van der Waals surface area contributed by atoms with Gasteiger partial charge in [0, 0.05) is 5.75 Å². The minimum atomic E-state index is -3.31. The highest BCUT2D eigenvalue weighted by atomic mass is 32.2. The Morgan fingerprint density at radius 1 is 1.75 bits per heavy atom. The van der Waals surface area contributed by atoms with Gasteiger partial charge in [-0.2, -0.15) is 8.42 Å². The van der Waals surface area contributed by atoms with Crippen molar-refractivity contribution >= 4 is 26.9 Å². The SMILES string of the molecule is CC1=NC(COS(C)(=O)=O)CS1. The molecule has 70 valence electrons. The zero-order valence-corrected chi connectivity index (χ0v) is 8.61. The number of nitrogens with zero attached hydrogens (tertiary/aromatic N) is 1. The first kappa shape index (κ1) is 10.0. The molecule has 1 aliphatic rings.